The fraction of sp³-hybridized carbons (Fsp3) is 0.409. The number of aldehydes is 1. The summed E-state index contributed by atoms with van der Waals surface area (Å²) in [6.07, 6.45) is 29.5. The zero-order valence-corrected chi connectivity index (χ0v) is 81.6. The van der Waals surface area contributed by atoms with E-state index in [9.17, 15) is 29.1 Å². The molecule has 0 atom stereocenters. The van der Waals surface area contributed by atoms with Crippen LogP contribution in [0.1, 0.15) is 294 Å². The Bertz CT molecular complexity index is 4430. The molecule has 0 aliphatic heterocycles. The van der Waals surface area contributed by atoms with Crippen LogP contribution in [0.15, 0.2) is 168 Å². The van der Waals surface area contributed by atoms with Crippen molar-refractivity contribution < 1.29 is 164 Å². The standard InChI is InChI=1S/C19H19BrO3.C19H20O3.C17H22O2.C15H13IO2.C15H18O3.C4H7.C3H7BO2.CH2O3.BrH.2Na.Zn.H/c1-22-19(21)16-10-17(20)15(14-8-5-9-14)11-18(16)23-12-13-6-3-2-4-7-13;1-21-19(20)17-11-10-16(15-8-5-9-15)12-18(17)22-13-14-6-3-2-4-7-14;1-11(2)19-17-9-16(12-4-3-5-12)15(13-6-7-13)8-14(17)10-18;1-11(17)14-8-7-13(16)9-15(14)18-10-12-5-3-2-4-6-12;1-18-15(17)13-7-11(10-5-6-10)12(8-14(13)16)9-3-2-4-9;1-2-4-3-1;5-4(6)3-1-2-3;2-1-4-3;;;;;/h2-4,6-7,10-11,14H,5,8-9,12H2,1H3;2-4,6-7,10-12,15H,5,8-9,13H2,1H3;8-13H,3-7H2,1-2H3;2-9H,10H2,1H3;7-10,16H,2-6H2,1H3;1H,2-4H2;3,5-6H,1-2H2;1,3H;1H;;;;/q;;;;;-1;;;;2*+1;+2;-1/p-2. The molecule has 0 saturated heterocycles. The third kappa shape index (κ3) is 32.5. The van der Waals surface area contributed by atoms with E-state index in [1.165, 1.54) is 193 Å². The van der Waals surface area contributed by atoms with Crippen molar-refractivity contribution in [1.82, 2.24) is 0 Å². The number of phenolic OH excluding ortho intramolecular Hbond substituents is 1. The minimum atomic E-state index is -1.04. The molecule has 0 heterocycles. The van der Waals surface area contributed by atoms with Crippen molar-refractivity contribution in [3.05, 3.63) is 256 Å². The fourth-order valence-corrected chi connectivity index (χ4v) is 14.4. The summed E-state index contributed by atoms with van der Waals surface area (Å²) < 4.78 is 39.9. The first-order chi connectivity index (χ1) is 56.2. The molecule has 0 unspecified atom stereocenters. The van der Waals surface area contributed by atoms with Gasteiger partial charge in [-0.3, -0.25) is 14.4 Å². The molecule has 8 aromatic rings. The first kappa shape index (κ1) is 101. The summed E-state index contributed by atoms with van der Waals surface area (Å²) in [5.74, 6) is 5.46. The maximum absolute atomic E-state index is 12.0. The van der Waals surface area contributed by atoms with Gasteiger partial charge in [-0.15, -0.1) is 6.42 Å². The van der Waals surface area contributed by atoms with Crippen molar-refractivity contribution in [3.8, 4) is 28.7 Å². The van der Waals surface area contributed by atoms with Crippen LogP contribution in [0.5, 0.6) is 28.7 Å². The van der Waals surface area contributed by atoms with Crippen LogP contribution in [0.4, 0.5) is 0 Å². The second-order valence-electron chi connectivity index (χ2n) is 30.1. The molecule has 0 aromatic heterocycles. The number of methoxy groups -OCH3 is 3. The van der Waals surface area contributed by atoms with E-state index in [1.807, 2.05) is 159 Å². The number of phenols is 1. The van der Waals surface area contributed by atoms with Gasteiger partial charge >= 0.3 is 114 Å². The van der Waals surface area contributed by atoms with Crippen LogP contribution >= 0.6 is 52.1 Å². The monoisotopic (exact) mass is 1920 g/mol. The van der Waals surface area contributed by atoms with E-state index < -0.39 is 13.1 Å². The van der Waals surface area contributed by atoms with Crippen molar-refractivity contribution >= 4 is 95.7 Å². The summed E-state index contributed by atoms with van der Waals surface area (Å²) in [5, 5.41) is 34.9. The molecule has 25 heteroatoms. The number of hydrogen-bond acceptors (Lipinski definition) is 18. The SMILES string of the molecule is CC(=O)c1ccc(I)cc1OCc1ccccc1.CC(C)Oc1cc(C2CCC2)c(C2CC2)cc1C=O.COC(=O)c1cc(Br)c(C2CCC2)cc1OCc1ccccc1.COC(=O)c1cc(C2CC2)c(C2CCC2)cc1O.COC(=O)c1ccc(C2CCC2)cc1OCc1ccccc1.O=CO[O-].OB(O)C1CC1.[CH-]1CCC1.[H-].[Na+].[Na+].[Zn+][Br]. The number of carbonyl (C=O) groups excluding carboxylic acids is 6. The third-order valence-electron chi connectivity index (χ3n) is 21.4. The number of esters is 3. The van der Waals surface area contributed by atoms with Crippen LogP contribution in [-0.2, 0) is 60.1 Å². The molecule has 8 aliphatic carbocycles. The number of Topliss-reactive ketones (excluding diaryl/α,β-unsaturated/α-hetero) is 1. The first-order valence-electron chi connectivity index (χ1n) is 40.1. The molecular weight excluding hydrogens is 1810 g/mol. The molecule has 0 spiro atoms. The fourth-order valence-electron chi connectivity index (χ4n) is 13.2. The molecule has 16 rings (SSSR count). The molecule has 8 aliphatic rings. The van der Waals surface area contributed by atoms with Gasteiger partial charge in [0.25, 0.3) is 6.47 Å². The minimum absolute atomic E-state index is 0. The summed E-state index contributed by atoms with van der Waals surface area (Å²) >= 11 is 10.0. The summed E-state index contributed by atoms with van der Waals surface area (Å²) in [4.78, 5) is 69.6. The van der Waals surface area contributed by atoms with Crippen molar-refractivity contribution in [2.45, 2.75) is 223 Å². The third-order valence-corrected chi connectivity index (χ3v) is 22.8. The Morgan fingerprint density at radius 3 is 1.26 bits per heavy atom. The second kappa shape index (κ2) is 54.0. The molecule has 118 heavy (non-hydrogen) atoms. The Balaban J connectivity index is 0.000000251. The number of rotatable bonds is 24. The number of hydrogen-bond donors (Lipinski definition) is 3. The Kier molecular flexibility index (Phi) is 46.2. The van der Waals surface area contributed by atoms with Gasteiger partial charge in [0.05, 0.1) is 38.6 Å². The summed E-state index contributed by atoms with van der Waals surface area (Å²) in [6, 6.07) is 52.9. The van der Waals surface area contributed by atoms with Crippen LogP contribution in [0.25, 0.3) is 0 Å². The van der Waals surface area contributed by atoms with Gasteiger partial charge in [0.2, 0.25) is 0 Å². The molecule has 8 fully saturated rings. The number of ether oxygens (including phenoxy) is 7. The van der Waals surface area contributed by atoms with Gasteiger partial charge in [-0.25, -0.2) is 14.4 Å². The first-order valence-corrected chi connectivity index (χ1v) is 48.9. The Morgan fingerprint density at radius 2 is 0.890 bits per heavy atom. The van der Waals surface area contributed by atoms with E-state index in [0.29, 0.717) is 94.8 Å². The van der Waals surface area contributed by atoms with Gasteiger partial charge in [0, 0.05) is 8.04 Å². The van der Waals surface area contributed by atoms with E-state index in [-0.39, 0.29) is 102 Å². The quantitative estimate of drug-likeness (QED) is 0.00584. The topological polar surface area (TPSA) is 260 Å². The van der Waals surface area contributed by atoms with E-state index in [0.717, 1.165) is 55.2 Å². The average molecular weight is 1920 g/mol. The summed E-state index contributed by atoms with van der Waals surface area (Å²) in [6.45, 7) is 6.73. The molecular formula is C93H108BBr2INa2O18Zn. The Hall–Kier alpha value is -5.76. The number of carbonyl (C=O) groups is 6. The van der Waals surface area contributed by atoms with Crippen molar-refractivity contribution in [3.63, 3.8) is 0 Å². The predicted molar refractivity (Wildman–Crippen MR) is 461 cm³/mol. The van der Waals surface area contributed by atoms with Crippen molar-refractivity contribution in [1.29, 1.82) is 0 Å². The molecule has 18 nitrogen and oxygen atoms in total. The maximum atomic E-state index is 12.0. The summed E-state index contributed by atoms with van der Waals surface area (Å²) in [5.41, 5.74) is 13.7. The van der Waals surface area contributed by atoms with Gasteiger partial charge in [-0.2, -0.15) is 12.8 Å². The number of benzene rings is 8. The number of halogens is 3. The van der Waals surface area contributed by atoms with E-state index in [2.05, 4.69) is 75.6 Å². The van der Waals surface area contributed by atoms with Gasteiger partial charge in [-0.05, 0) is 279 Å². The van der Waals surface area contributed by atoms with Crippen LogP contribution in [-0.4, -0.2) is 86.2 Å². The van der Waals surface area contributed by atoms with Gasteiger partial charge in [0.1, 0.15) is 65.3 Å². The van der Waals surface area contributed by atoms with Crippen molar-refractivity contribution in [2.24, 2.45) is 0 Å². The average Bonchev–Trinajstić information content (AvgIpc) is 1.71. The number of aromatic hydroxyl groups is 1. The van der Waals surface area contributed by atoms with Gasteiger partial charge in [0.15, 0.2) is 12.1 Å². The van der Waals surface area contributed by atoms with Gasteiger partial charge < -0.3 is 66.3 Å². The van der Waals surface area contributed by atoms with Crippen LogP contribution in [0.2, 0.25) is 5.82 Å². The number of ketones is 1. The van der Waals surface area contributed by atoms with E-state index in [4.69, 9.17) is 53.3 Å². The molecule has 616 valence electrons. The second-order valence-corrected chi connectivity index (χ2v) is 32.2. The molecule has 8 saturated carbocycles. The zero-order chi connectivity index (χ0) is 83.5. The molecule has 0 bridgehead atoms. The molecule has 0 amide bonds. The van der Waals surface area contributed by atoms with Crippen LogP contribution in [0, 0.1) is 9.99 Å². The molecule has 0 radical (unpaired) electrons. The van der Waals surface area contributed by atoms with Gasteiger partial charge in [-0.1, -0.05) is 152 Å². The molecule has 3 N–H and O–H groups in total. The van der Waals surface area contributed by atoms with Crippen LogP contribution < -0.4 is 83.3 Å². The van der Waals surface area contributed by atoms with Crippen molar-refractivity contribution in [2.75, 3.05) is 21.3 Å². The summed E-state index contributed by atoms with van der Waals surface area (Å²) in [7, 11) is 3.09. The zero-order valence-electron chi connectivity index (χ0n) is 70.3. The van der Waals surface area contributed by atoms with E-state index in [1.54, 1.807) is 13.0 Å². The normalized spacial score (nSPS) is 15.1. The Morgan fingerprint density at radius 1 is 0.508 bits per heavy atom. The van der Waals surface area contributed by atoms with E-state index >= 15 is 0 Å². The predicted octanol–water partition coefficient (Wildman–Crippen LogP) is 15.6. The van der Waals surface area contributed by atoms with Crippen LogP contribution in [0.3, 0.4) is 0 Å². The molecule has 8 aromatic carbocycles. The Labute approximate surface area is 780 Å².